The van der Waals surface area contributed by atoms with Gasteiger partial charge in [0.15, 0.2) is 0 Å². The maximum Gasteiger partial charge on any atom is 0.337 e. The van der Waals surface area contributed by atoms with E-state index in [-0.39, 0.29) is 11.3 Å². The minimum atomic E-state index is -1.10. The number of halogens is 1. The van der Waals surface area contributed by atoms with E-state index in [2.05, 4.69) is 0 Å². The second-order valence-electron chi connectivity index (χ2n) is 4.09. The highest BCUT2D eigenvalue weighted by molar-refractivity contribution is 6.32. The SMILES string of the molecule is Cc1ccc(Oc2ccc(N)c(C(=O)O)c2)c(Cl)c1. The fraction of sp³-hybridized carbons (Fsp3) is 0.0714. The monoisotopic (exact) mass is 277 g/mol. The molecule has 0 saturated heterocycles. The molecule has 0 saturated carbocycles. The van der Waals surface area contributed by atoms with Gasteiger partial charge in [0.05, 0.1) is 10.6 Å². The van der Waals surface area contributed by atoms with Crippen molar-refractivity contribution in [3.05, 3.63) is 52.5 Å². The number of anilines is 1. The second kappa shape index (κ2) is 5.20. The first-order valence-corrected chi connectivity index (χ1v) is 5.92. The third kappa shape index (κ3) is 2.98. The molecule has 0 bridgehead atoms. The summed E-state index contributed by atoms with van der Waals surface area (Å²) in [6, 6.07) is 9.81. The Labute approximate surface area is 115 Å². The van der Waals surface area contributed by atoms with Crippen LogP contribution in [0.2, 0.25) is 5.02 Å². The van der Waals surface area contributed by atoms with Crippen LogP contribution in [0.3, 0.4) is 0 Å². The Morgan fingerprint density at radius 3 is 2.63 bits per heavy atom. The summed E-state index contributed by atoms with van der Waals surface area (Å²) in [5.74, 6) is -0.260. The molecule has 2 rings (SSSR count). The molecule has 3 N–H and O–H groups in total. The van der Waals surface area contributed by atoms with Crippen LogP contribution in [-0.4, -0.2) is 11.1 Å². The van der Waals surface area contributed by atoms with Crippen LogP contribution in [0.4, 0.5) is 5.69 Å². The van der Waals surface area contributed by atoms with E-state index in [0.29, 0.717) is 16.5 Å². The first-order chi connectivity index (χ1) is 8.97. The molecule has 4 nitrogen and oxygen atoms in total. The summed E-state index contributed by atoms with van der Waals surface area (Å²) in [5, 5.41) is 9.45. The van der Waals surface area contributed by atoms with Gasteiger partial charge in [-0.1, -0.05) is 17.7 Å². The third-order valence-electron chi connectivity index (χ3n) is 2.57. The molecule has 0 radical (unpaired) electrons. The van der Waals surface area contributed by atoms with E-state index in [1.807, 2.05) is 13.0 Å². The van der Waals surface area contributed by atoms with Crippen molar-refractivity contribution in [1.82, 2.24) is 0 Å². The Kier molecular flexibility index (Phi) is 3.62. The number of nitrogens with two attached hydrogens (primary N) is 1. The first kappa shape index (κ1) is 13.2. The summed E-state index contributed by atoms with van der Waals surface area (Å²) >= 11 is 6.05. The number of hydrogen-bond acceptors (Lipinski definition) is 3. The summed E-state index contributed by atoms with van der Waals surface area (Å²) < 4.78 is 5.56. The number of benzene rings is 2. The first-order valence-electron chi connectivity index (χ1n) is 5.54. The number of carboxylic acid groups (broad SMARTS) is 1. The van der Waals surface area contributed by atoms with Crippen molar-refractivity contribution in [3.63, 3.8) is 0 Å². The van der Waals surface area contributed by atoms with Crippen molar-refractivity contribution in [3.8, 4) is 11.5 Å². The van der Waals surface area contributed by atoms with Gasteiger partial charge in [-0.15, -0.1) is 0 Å². The molecule has 19 heavy (non-hydrogen) atoms. The average Bonchev–Trinajstić information content (AvgIpc) is 2.34. The largest absolute Gasteiger partial charge is 0.478 e. The maximum absolute atomic E-state index is 11.0. The van der Waals surface area contributed by atoms with Crippen molar-refractivity contribution in [1.29, 1.82) is 0 Å². The Morgan fingerprint density at radius 2 is 2.00 bits per heavy atom. The summed E-state index contributed by atoms with van der Waals surface area (Å²) in [5.41, 5.74) is 6.78. The van der Waals surface area contributed by atoms with Crippen molar-refractivity contribution in [2.24, 2.45) is 0 Å². The zero-order valence-corrected chi connectivity index (χ0v) is 10.9. The predicted molar refractivity (Wildman–Crippen MR) is 74.1 cm³/mol. The zero-order valence-electron chi connectivity index (χ0n) is 10.2. The number of nitrogen functional groups attached to an aromatic ring is 1. The molecule has 0 aliphatic rings. The van der Waals surface area contributed by atoms with Crippen LogP contribution in [0.5, 0.6) is 11.5 Å². The highest BCUT2D eigenvalue weighted by Gasteiger charge is 2.10. The van der Waals surface area contributed by atoms with E-state index in [4.69, 9.17) is 27.2 Å². The van der Waals surface area contributed by atoms with Gasteiger partial charge in [-0.25, -0.2) is 4.79 Å². The molecule has 0 aliphatic heterocycles. The lowest BCUT2D eigenvalue weighted by Gasteiger charge is -2.09. The number of rotatable bonds is 3. The van der Waals surface area contributed by atoms with Gasteiger partial charge in [-0.2, -0.15) is 0 Å². The van der Waals surface area contributed by atoms with E-state index >= 15 is 0 Å². The normalized spacial score (nSPS) is 10.2. The minimum absolute atomic E-state index is 0.000680. The van der Waals surface area contributed by atoms with Crippen LogP contribution in [-0.2, 0) is 0 Å². The highest BCUT2D eigenvalue weighted by atomic mass is 35.5. The molecule has 0 spiro atoms. The highest BCUT2D eigenvalue weighted by Crippen LogP contribution is 2.31. The maximum atomic E-state index is 11.0. The van der Waals surface area contributed by atoms with E-state index in [0.717, 1.165) is 5.56 Å². The van der Waals surface area contributed by atoms with Gasteiger partial charge < -0.3 is 15.6 Å². The number of carboxylic acids is 1. The van der Waals surface area contributed by atoms with Crippen molar-refractivity contribution in [2.45, 2.75) is 6.92 Å². The molecule has 0 heterocycles. The number of carbonyl (C=O) groups is 1. The lowest BCUT2D eigenvalue weighted by Crippen LogP contribution is -2.02. The lowest BCUT2D eigenvalue weighted by atomic mass is 10.1. The van der Waals surface area contributed by atoms with Gasteiger partial charge in [0, 0.05) is 5.69 Å². The average molecular weight is 278 g/mol. The van der Waals surface area contributed by atoms with Crippen LogP contribution < -0.4 is 10.5 Å². The molecular weight excluding hydrogens is 266 g/mol. The summed E-state index contributed by atoms with van der Waals surface area (Å²) in [6.45, 7) is 1.92. The Bertz CT molecular complexity index is 641. The molecule has 98 valence electrons. The number of aryl methyl sites for hydroxylation is 1. The van der Waals surface area contributed by atoms with Gasteiger partial charge in [-0.3, -0.25) is 0 Å². The summed E-state index contributed by atoms with van der Waals surface area (Å²) in [6.07, 6.45) is 0. The Hall–Kier alpha value is -2.20. The zero-order chi connectivity index (χ0) is 14.0. The van der Waals surface area contributed by atoms with Gasteiger partial charge in [0.25, 0.3) is 0 Å². The van der Waals surface area contributed by atoms with Crippen LogP contribution in [0.15, 0.2) is 36.4 Å². The molecule has 5 heteroatoms. The second-order valence-corrected chi connectivity index (χ2v) is 4.50. The smallest absolute Gasteiger partial charge is 0.337 e. The van der Waals surface area contributed by atoms with Gasteiger partial charge in [-0.05, 0) is 42.8 Å². The fourth-order valence-electron chi connectivity index (χ4n) is 1.60. The molecule has 2 aromatic rings. The molecule has 0 aromatic heterocycles. The lowest BCUT2D eigenvalue weighted by molar-refractivity contribution is 0.0697. The molecule has 2 aromatic carbocycles. The molecule has 0 unspecified atom stereocenters. The van der Waals surface area contributed by atoms with Crippen LogP contribution in [0.1, 0.15) is 15.9 Å². The van der Waals surface area contributed by atoms with Crippen molar-refractivity contribution >= 4 is 23.3 Å². The van der Waals surface area contributed by atoms with Gasteiger partial charge >= 0.3 is 5.97 Å². The Morgan fingerprint density at radius 1 is 1.26 bits per heavy atom. The molecular formula is C14H12ClNO3. The van der Waals surface area contributed by atoms with Crippen LogP contribution in [0.25, 0.3) is 0 Å². The van der Waals surface area contributed by atoms with Crippen molar-refractivity contribution in [2.75, 3.05) is 5.73 Å². The van der Waals surface area contributed by atoms with Crippen LogP contribution in [0, 0.1) is 6.92 Å². The van der Waals surface area contributed by atoms with Gasteiger partial charge in [0.2, 0.25) is 0 Å². The number of ether oxygens (including phenoxy) is 1. The fourth-order valence-corrected chi connectivity index (χ4v) is 1.87. The quantitative estimate of drug-likeness (QED) is 0.839. The number of hydrogen-bond donors (Lipinski definition) is 2. The van der Waals surface area contributed by atoms with E-state index in [1.54, 1.807) is 18.2 Å². The van der Waals surface area contributed by atoms with E-state index in [9.17, 15) is 4.79 Å². The molecule has 0 fully saturated rings. The topological polar surface area (TPSA) is 72.5 Å². The summed E-state index contributed by atoms with van der Waals surface area (Å²) in [7, 11) is 0. The Balaban J connectivity index is 2.33. The van der Waals surface area contributed by atoms with Crippen LogP contribution >= 0.6 is 11.6 Å². The molecule has 0 amide bonds. The third-order valence-corrected chi connectivity index (χ3v) is 2.87. The van der Waals surface area contributed by atoms with Gasteiger partial charge in [0.1, 0.15) is 11.5 Å². The standard InChI is InChI=1S/C14H12ClNO3/c1-8-2-5-13(11(15)6-8)19-9-3-4-12(16)10(7-9)14(17)18/h2-7H,16H2,1H3,(H,17,18). The minimum Gasteiger partial charge on any atom is -0.478 e. The molecule has 0 atom stereocenters. The van der Waals surface area contributed by atoms with E-state index in [1.165, 1.54) is 12.1 Å². The van der Waals surface area contributed by atoms with Crippen molar-refractivity contribution < 1.29 is 14.6 Å². The summed E-state index contributed by atoms with van der Waals surface area (Å²) in [4.78, 5) is 11.0. The molecule has 0 aliphatic carbocycles. The van der Waals surface area contributed by atoms with E-state index < -0.39 is 5.97 Å². The predicted octanol–water partition coefficient (Wildman–Crippen LogP) is 3.72. The number of aromatic carboxylic acids is 1.